The molecule has 2 aromatic heterocycles. The van der Waals surface area contributed by atoms with Gasteiger partial charge < -0.3 is 4.42 Å². The van der Waals surface area contributed by atoms with Crippen LogP contribution in [0.4, 0.5) is 0 Å². The van der Waals surface area contributed by atoms with Gasteiger partial charge in [-0.05, 0) is 40.5 Å². The van der Waals surface area contributed by atoms with Crippen LogP contribution >= 0.6 is 0 Å². The van der Waals surface area contributed by atoms with Crippen molar-refractivity contribution in [1.82, 2.24) is 15.0 Å². The SMILES string of the molecule is C1=C(c2nc(-c3ccccc3)nc(-c3ccc4ccccc4c3)n2)c2c(oc3cccc(-c4ccccc4)c23)CC1. The second kappa shape index (κ2) is 9.68. The molecule has 0 saturated carbocycles. The van der Waals surface area contributed by atoms with E-state index in [0.29, 0.717) is 17.5 Å². The maximum Gasteiger partial charge on any atom is 0.164 e. The van der Waals surface area contributed by atoms with E-state index in [4.69, 9.17) is 19.4 Å². The highest BCUT2D eigenvalue weighted by Gasteiger charge is 2.26. The summed E-state index contributed by atoms with van der Waals surface area (Å²) in [4.78, 5) is 15.2. The minimum absolute atomic E-state index is 0.655. The van der Waals surface area contributed by atoms with Crippen molar-refractivity contribution in [3.8, 4) is 33.9 Å². The molecule has 4 nitrogen and oxygen atoms in total. The Morgan fingerprint density at radius 1 is 0.537 bits per heavy atom. The molecule has 0 spiro atoms. The fourth-order valence-electron chi connectivity index (χ4n) is 5.84. The first-order valence-electron chi connectivity index (χ1n) is 13.9. The quantitative estimate of drug-likeness (QED) is 0.229. The molecule has 0 fully saturated rings. The van der Waals surface area contributed by atoms with Gasteiger partial charge in [-0.25, -0.2) is 15.0 Å². The Bertz CT molecular complexity index is 2090. The zero-order valence-electron chi connectivity index (χ0n) is 22.3. The number of rotatable bonds is 4. The number of allylic oxidation sites excluding steroid dienone is 1. The molecule has 2 heterocycles. The third kappa shape index (κ3) is 4.12. The van der Waals surface area contributed by atoms with E-state index < -0.39 is 0 Å². The molecular formula is C37H25N3O. The van der Waals surface area contributed by atoms with Gasteiger partial charge in [-0.1, -0.05) is 115 Å². The highest BCUT2D eigenvalue weighted by Crippen LogP contribution is 2.43. The molecule has 7 aromatic rings. The van der Waals surface area contributed by atoms with E-state index in [0.717, 1.165) is 68.3 Å². The van der Waals surface area contributed by atoms with E-state index in [2.05, 4.69) is 91.0 Å². The largest absolute Gasteiger partial charge is 0.460 e. The number of nitrogens with zero attached hydrogens (tertiary/aromatic N) is 3. The lowest BCUT2D eigenvalue weighted by atomic mass is 9.90. The zero-order valence-corrected chi connectivity index (χ0v) is 22.3. The first-order chi connectivity index (χ1) is 20.3. The van der Waals surface area contributed by atoms with Crippen molar-refractivity contribution in [3.63, 3.8) is 0 Å². The molecule has 0 bridgehead atoms. The Hall–Kier alpha value is -5.35. The van der Waals surface area contributed by atoms with Crippen LogP contribution in [0.3, 0.4) is 0 Å². The molecule has 0 amide bonds. The number of hydrogen-bond acceptors (Lipinski definition) is 4. The van der Waals surface area contributed by atoms with Crippen molar-refractivity contribution >= 4 is 27.3 Å². The van der Waals surface area contributed by atoms with Crippen molar-refractivity contribution in [2.45, 2.75) is 12.8 Å². The monoisotopic (exact) mass is 527 g/mol. The highest BCUT2D eigenvalue weighted by atomic mass is 16.3. The van der Waals surface area contributed by atoms with E-state index in [1.54, 1.807) is 0 Å². The predicted octanol–water partition coefficient (Wildman–Crippen LogP) is 9.15. The lowest BCUT2D eigenvalue weighted by Crippen LogP contribution is -2.06. The van der Waals surface area contributed by atoms with Gasteiger partial charge in [0.15, 0.2) is 17.5 Å². The van der Waals surface area contributed by atoms with Crippen LogP contribution in [0.5, 0.6) is 0 Å². The average molecular weight is 528 g/mol. The lowest BCUT2D eigenvalue weighted by molar-refractivity contribution is 0.545. The van der Waals surface area contributed by atoms with E-state index in [1.165, 1.54) is 5.39 Å². The van der Waals surface area contributed by atoms with Crippen molar-refractivity contribution in [1.29, 1.82) is 0 Å². The summed E-state index contributed by atoms with van der Waals surface area (Å²) in [6.07, 6.45) is 3.96. The number of hydrogen-bond donors (Lipinski definition) is 0. The van der Waals surface area contributed by atoms with E-state index >= 15 is 0 Å². The number of aryl methyl sites for hydroxylation is 1. The Labute approximate surface area is 237 Å². The molecule has 1 aliphatic rings. The van der Waals surface area contributed by atoms with Gasteiger partial charge in [0.05, 0.1) is 0 Å². The molecule has 8 rings (SSSR count). The van der Waals surface area contributed by atoms with Gasteiger partial charge in [0, 0.05) is 34.1 Å². The maximum atomic E-state index is 6.47. The Morgan fingerprint density at radius 3 is 2.02 bits per heavy atom. The van der Waals surface area contributed by atoms with Gasteiger partial charge >= 0.3 is 0 Å². The maximum absolute atomic E-state index is 6.47. The fraction of sp³-hybridized carbons (Fsp3) is 0.0541. The molecular weight excluding hydrogens is 502 g/mol. The smallest absolute Gasteiger partial charge is 0.164 e. The molecule has 0 atom stereocenters. The summed E-state index contributed by atoms with van der Waals surface area (Å²) in [5.74, 6) is 2.95. The van der Waals surface area contributed by atoms with Crippen LogP contribution in [0.25, 0.3) is 61.2 Å². The predicted molar refractivity (Wildman–Crippen MR) is 165 cm³/mol. The second-order valence-electron chi connectivity index (χ2n) is 10.3. The standard InChI is InChI=1S/C37H25N3O/c1-3-12-25(13-4-1)29-17-9-19-31-33(29)34-30(18-10-20-32(34)41-31)37-39-35(26-14-5-2-6-15-26)38-36(40-37)28-22-21-24-11-7-8-16-27(24)23-28/h1-9,11-19,21-23H,10,20H2. The van der Waals surface area contributed by atoms with Crippen LogP contribution in [0.1, 0.15) is 23.6 Å². The number of benzene rings is 5. The molecule has 0 radical (unpaired) electrons. The lowest BCUT2D eigenvalue weighted by Gasteiger charge is -2.15. The van der Waals surface area contributed by atoms with Crippen LogP contribution in [-0.4, -0.2) is 15.0 Å². The molecule has 5 aromatic carbocycles. The second-order valence-corrected chi connectivity index (χ2v) is 10.3. The van der Waals surface area contributed by atoms with Crippen LogP contribution in [0.15, 0.2) is 132 Å². The topological polar surface area (TPSA) is 51.8 Å². The first kappa shape index (κ1) is 23.5. The number of furan rings is 1. The minimum atomic E-state index is 0.655. The Morgan fingerprint density at radius 2 is 1.22 bits per heavy atom. The van der Waals surface area contributed by atoms with Crippen molar-refractivity contribution in [2.24, 2.45) is 0 Å². The van der Waals surface area contributed by atoms with Gasteiger partial charge in [0.1, 0.15) is 11.3 Å². The summed E-state index contributed by atoms with van der Waals surface area (Å²) in [5, 5.41) is 3.45. The molecule has 1 aliphatic carbocycles. The molecule has 4 heteroatoms. The molecule has 41 heavy (non-hydrogen) atoms. The fourth-order valence-corrected chi connectivity index (χ4v) is 5.84. The molecule has 0 aliphatic heterocycles. The third-order valence-electron chi connectivity index (χ3n) is 7.78. The number of aromatic nitrogens is 3. The van der Waals surface area contributed by atoms with Crippen LogP contribution in [-0.2, 0) is 6.42 Å². The molecule has 0 N–H and O–H groups in total. The van der Waals surface area contributed by atoms with Gasteiger partial charge in [-0.2, -0.15) is 0 Å². The summed E-state index contributed by atoms with van der Waals surface area (Å²) in [5.41, 5.74) is 7.18. The van der Waals surface area contributed by atoms with Gasteiger partial charge in [-0.3, -0.25) is 0 Å². The normalized spacial score (nSPS) is 12.8. The summed E-state index contributed by atoms with van der Waals surface area (Å²) < 4.78 is 6.47. The first-order valence-corrected chi connectivity index (χ1v) is 13.9. The van der Waals surface area contributed by atoms with E-state index in [9.17, 15) is 0 Å². The van der Waals surface area contributed by atoms with Crippen molar-refractivity contribution in [2.75, 3.05) is 0 Å². The Balaban J connectivity index is 1.36. The molecule has 0 saturated heterocycles. The summed E-state index contributed by atoms with van der Waals surface area (Å²) >= 11 is 0. The number of fused-ring (bicyclic) bond motifs is 4. The van der Waals surface area contributed by atoms with Crippen molar-refractivity contribution in [3.05, 3.63) is 145 Å². The summed E-state index contributed by atoms with van der Waals surface area (Å²) in [7, 11) is 0. The van der Waals surface area contributed by atoms with Crippen LogP contribution in [0, 0.1) is 0 Å². The summed E-state index contributed by atoms with van der Waals surface area (Å²) in [6.45, 7) is 0. The average Bonchev–Trinajstić information content (AvgIpc) is 3.44. The van der Waals surface area contributed by atoms with Crippen LogP contribution < -0.4 is 0 Å². The van der Waals surface area contributed by atoms with Gasteiger partial charge in [-0.15, -0.1) is 0 Å². The van der Waals surface area contributed by atoms with Gasteiger partial charge in [0.2, 0.25) is 0 Å². The van der Waals surface area contributed by atoms with Gasteiger partial charge in [0.25, 0.3) is 0 Å². The van der Waals surface area contributed by atoms with Crippen LogP contribution in [0.2, 0.25) is 0 Å². The summed E-state index contributed by atoms with van der Waals surface area (Å²) in [6, 6.07) is 41.7. The molecule has 194 valence electrons. The molecule has 0 unspecified atom stereocenters. The zero-order chi connectivity index (χ0) is 27.2. The Kier molecular flexibility index (Phi) is 5.56. The van der Waals surface area contributed by atoms with E-state index in [1.807, 2.05) is 36.4 Å². The highest BCUT2D eigenvalue weighted by molar-refractivity contribution is 6.05. The van der Waals surface area contributed by atoms with Crippen molar-refractivity contribution < 1.29 is 4.42 Å². The van der Waals surface area contributed by atoms with E-state index in [-0.39, 0.29) is 0 Å². The third-order valence-corrected chi connectivity index (χ3v) is 7.78. The minimum Gasteiger partial charge on any atom is -0.460 e.